The van der Waals surface area contributed by atoms with Crippen LogP contribution in [0.4, 0.5) is 0 Å². The van der Waals surface area contributed by atoms with Crippen molar-refractivity contribution in [1.82, 2.24) is 5.32 Å². The van der Waals surface area contributed by atoms with Gasteiger partial charge in [-0.2, -0.15) is 0 Å². The predicted octanol–water partition coefficient (Wildman–Crippen LogP) is 2.66. The fraction of sp³-hybridized carbons (Fsp3) is 0.625. The van der Waals surface area contributed by atoms with Crippen molar-refractivity contribution in [2.75, 3.05) is 20.3 Å². The molecule has 1 aliphatic rings. The van der Waals surface area contributed by atoms with Crippen LogP contribution in [-0.4, -0.2) is 31.0 Å². The second kappa shape index (κ2) is 7.04. The van der Waals surface area contributed by atoms with Crippen LogP contribution < -0.4 is 5.32 Å². The molecule has 1 aliphatic carbocycles. The maximum Gasteiger partial charge on any atom is 0.0771 e. The number of hydrogen-bond donors (Lipinski definition) is 2. The van der Waals surface area contributed by atoms with Crippen molar-refractivity contribution in [3.63, 3.8) is 0 Å². The van der Waals surface area contributed by atoms with Crippen LogP contribution in [0.25, 0.3) is 0 Å². The van der Waals surface area contributed by atoms with Gasteiger partial charge in [-0.05, 0) is 18.4 Å². The highest BCUT2D eigenvalue weighted by Gasteiger charge is 2.29. The molecular formula is C16H25NO2. The Labute approximate surface area is 116 Å². The van der Waals surface area contributed by atoms with Gasteiger partial charge in [-0.25, -0.2) is 0 Å². The topological polar surface area (TPSA) is 41.5 Å². The molecule has 3 nitrogen and oxygen atoms in total. The highest BCUT2D eigenvalue weighted by molar-refractivity contribution is 5.19. The lowest BCUT2D eigenvalue weighted by molar-refractivity contribution is 0.000155. The Kier molecular flexibility index (Phi) is 5.37. The number of benzene rings is 1. The van der Waals surface area contributed by atoms with E-state index in [4.69, 9.17) is 4.74 Å². The summed E-state index contributed by atoms with van der Waals surface area (Å²) in [7, 11) is 1.72. The van der Waals surface area contributed by atoms with Crippen LogP contribution in [-0.2, 0) is 4.74 Å². The van der Waals surface area contributed by atoms with E-state index in [1.54, 1.807) is 7.11 Å². The first-order chi connectivity index (χ1) is 9.23. The molecule has 106 valence electrons. The molecule has 1 unspecified atom stereocenters. The number of methoxy groups -OCH3 is 1. The highest BCUT2D eigenvalue weighted by Crippen LogP contribution is 2.28. The normalized spacial score (nSPS) is 20.1. The van der Waals surface area contributed by atoms with Gasteiger partial charge in [-0.3, -0.25) is 0 Å². The van der Waals surface area contributed by atoms with E-state index >= 15 is 0 Å². The summed E-state index contributed by atoms with van der Waals surface area (Å²) < 4.78 is 5.29. The molecular weight excluding hydrogens is 238 g/mol. The molecule has 19 heavy (non-hydrogen) atoms. The Bertz CT molecular complexity index is 360. The molecule has 1 atom stereocenters. The van der Waals surface area contributed by atoms with Crippen LogP contribution in [0.1, 0.15) is 43.7 Å². The molecule has 0 bridgehead atoms. The fourth-order valence-corrected chi connectivity index (χ4v) is 2.82. The standard InChI is InChI=1S/C16H25NO2/c1-19-12-15(14-8-4-2-5-9-14)17-13-16(18)10-6-3-7-11-16/h2,4-5,8-9,15,17-18H,3,6-7,10-13H2,1H3. The number of rotatable bonds is 6. The maximum atomic E-state index is 10.5. The third-order valence-corrected chi connectivity index (χ3v) is 4.00. The van der Waals surface area contributed by atoms with Crippen molar-refractivity contribution < 1.29 is 9.84 Å². The summed E-state index contributed by atoms with van der Waals surface area (Å²) in [4.78, 5) is 0. The second-order valence-electron chi connectivity index (χ2n) is 5.58. The van der Waals surface area contributed by atoms with Crippen LogP contribution in [0.5, 0.6) is 0 Å². The average molecular weight is 263 g/mol. The lowest BCUT2D eigenvalue weighted by Crippen LogP contribution is -2.44. The van der Waals surface area contributed by atoms with Crippen molar-refractivity contribution in [3.05, 3.63) is 35.9 Å². The Morgan fingerprint density at radius 3 is 2.53 bits per heavy atom. The molecule has 1 saturated carbocycles. The minimum Gasteiger partial charge on any atom is -0.389 e. The molecule has 0 heterocycles. The summed E-state index contributed by atoms with van der Waals surface area (Å²) in [6.45, 7) is 1.27. The quantitative estimate of drug-likeness (QED) is 0.829. The van der Waals surface area contributed by atoms with Crippen molar-refractivity contribution in [3.8, 4) is 0 Å². The first kappa shape index (κ1) is 14.5. The lowest BCUT2D eigenvalue weighted by Gasteiger charge is -2.34. The SMILES string of the molecule is COCC(NCC1(O)CCCCC1)c1ccccc1. The molecule has 3 heteroatoms. The summed E-state index contributed by atoms with van der Waals surface area (Å²) in [5, 5.41) is 14.0. The third-order valence-electron chi connectivity index (χ3n) is 4.00. The molecule has 0 aromatic heterocycles. The molecule has 0 aliphatic heterocycles. The zero-order valence-electron chi connectivity index (χ0n) is 11.8. The fourth-order valence-electron chi connectivity index (χ4n) is 2.82. The van der Waals surface area contributed by atoms with Gasteiger partial charge in [-0.1, -0.05) is 49.6 Å². The molecule has 1 fully saturated rings. The zero-order chi connectivity index (χ0) is 13.6. The van der Waals surface area contributed by atoms with Crippen LogP contribution >= 0.6 is 0 Å². The Morgan fingerprint density at radius 2 is 1.89 bits per heavy atom. The Balaban J connectivity index is 1.93. The van der Waals surface area contributed by atoms with Gasteiger partial charge in [0.25, 0.3) is 0 Å². The largest absolute Gasteiger partial charge is 0.389 e. The van der Waals surface area contributed by atoms with E-state index in [0.717, 1.165) is 25.7 Å². The first-order valence-corrected chi connectivity index (χ1v) is 7.23. The second-order valence-corrected chi connectivity index (χ2v) is 5.58. The molecule has 2 N–H and O–H groups in total. The van der Waals surface area contributed by atoms with Gasteiger partial charge in [0.1, 0.15) is 0 Å². The van der Waals surface area contributed by atoms with E-state index in [0.29, 0.717) is 13.2 Å². The summed E-state index contributed by atoms with van der Waals surface area (Å²) in [5.41, 5.74) is 0.683. The monoisotopic (exact) mass is 263 g/mol. The van der Waals surface area contributed by atoms with E-state index in [9.17, 15) is 5.11 Å². The van der Waals surface area contributed by atoms with Crippen LogP contribution in [0.15, 0.2) is 30.3 Å². The third kappa shape index (κ3) is 4.30. The van der Waals surface area contributed by atoms with Gasteiger partial charge < -0.3 is 15.2 Å². The number of ether oxygens (including phenoxy) is 1. The van der Waals surface area contributed by atoms with Gasteiger partial charge in [-0.15, -0.1) is 0 Å². The van der Waals surface area contributed by atoms with Crippen molar-refractivity contribution in [2.24, 2.45) is 0 Å². The van der Waals surface area contributed by atoms with Crippen molar-refractivity contribution >= 4 is 0 Å². The smallest absolute Gasteiger partial charge is 0.0771 e. The maximum absolute atomic E-state index is 10.5. The minimum absolute atomic E-state index is 0.150. The van der Waals surface area contributed by atoms with E-state index in [1.807, 2.05) is 18.2 Å². The van der Waals surface area contributed by atoms with Crippen LogP contribution in [0, 0.1) is 0 Å². The van der Waals surface area contributed by atoms with E-state index in [1.165, 1.54) is 12.0 Å². The predicted molar refractivity (Wildman–Crippen MR) is 77.1 cm³/mol. The average Bonchev–Trinajstić information content (AvgIpc) is 2.45. The summed E-state index contributed by atoms with van der Waals surface area (Å²) in [5.74, 6) is 0. The summed E-state index contributed by atoms with van der Waals surface area (Å²) in [6, 6.07) is 10.4. The molecule has 0 amide bonds. The zero-order valence-corrected chi connectivity index (χ0v) is 11.8. The van der Waals surface area contributed by atoms with Gasteiger partial charge in [0.2, 0.25) is 0 Å². The molecule has 1 aromatic rings. The Morgan fingerprint density at radius 1 is 1.21 bits per heavy atom. The highest BCUT2D eigenvalue weighted by atomic mass is 16.5. The first-order valence-electron chi connectivity index (χ1n) is 7.23. The summed E-state index contributed by atoms with van der Waals surface area (Å²) in [6.07, 6.45) is 5.35. The van der Waals surface area contributed by atoms with Gasteiger partial charge in [0.15, 0.2) is 0 Å². The molecule has 1 aromatic carbocycles. The summed E-state index contributed by atoms with van der Waals surface area (Å²) >= 11 is 0. The molecule has 2 rings (SSSR count). The number of hydrogen-bond acceptors (Lipinski definition) is 3. The van der Waals surface area contributed by atoms with Gasteiger partial charge >= 0.3 is 0 Å². The Hall–Kier alpha value is -0.900. The van der Waals surface area contributed by atoms with Crippen molar-refractivity contribution in [1.29, 1.82) is 0 Å². The van der Waals surface area contributed by atoms with Gasteiger partial charge in [0, 0.05) is 13.7 Å². The lowest BCUT2D eigenvalue weighted by atomic mass is 9.84. The molecule has 0 saturated heterocycles. The van der Waals surface area contributed by atoms with E-state index < -0.39 is 5.60 Å². The minimum atomic E-state index is -0.529. The van der Waals surface area contributed by atoms with Crippen LogP contribution in [0.3, 0.4) is 0 Å². The van der Waals surface area contributed by atoms with E-state index in [2.05, 4.69) is 17.4 Å². The van der Waals surface area contributed by atoms with E-state index in [-0.39, 0.29) is 6.04 Å². The number of aliphatic hydroxyl groups is 1. The van der Waals surface area contributed by atoms with Gasteiger partial charge in [0.05, 0.1) is 18.2 Å². The molecule has 0 radical (unpaired) electrons. The number of nitrogens with one attached hydrogen (secondary N) is 1. The van der Waals surface area contributed by atoms with Crippen LogP contribution in [0.2, 0.25) is 0 Å². The van der Waals surface area contributed by atoms with Crippen molar-refractivity contribution in [2.45, 2.75) is 43.7 Å². The molecule has 0 spiro atoms.